The van der Waals surface area contributed by atoms with Crippen molar-refractivity contribution in [3.8, 4) is 5.75 Å². The molecule has 0 saturated heterocycles. The molecule has 0 aliphatic heterocycles. The number of methoxy groups -OCH3 is 2. The number of aryl methyl sites for hydroxylation is 2. The van der Waals surface area contributed by atoms with E-state index in [1.165, 1.54) is 29.5 Å². The molecule has 1 amide bonds. The third kappa shape index (κ3) is 5.63. The molecule has 0 spiro atoms. The fraction of sp³-hybridized carbons (Fsp3) is 0.417. The molecular formula is C24H32N6O3S. The summed E-state index contributed by atoms with van der Waals surface area (Å²) in [6.07, 6.45) is 8.27. The Morgan fingerprint density at radius 3 is 2.74 bits per heavy atom. The Kier molecular flexibility index (Phi) is 8.78. The van der Waals surface area contributed by atoms with E-state index in [2.05, 4.69) is 15.3 Å². The first kappa shape index (κ1) is 25.4. The van der Waals surface area contributed by atoms with Gasteiger partial charge in [-0.2, -0.15) is 0 Å². The molecule has 1 aromatic carbocycles. The second-order valence-corrected chi connectivity index (χ2v) is 9.22. The number of ether oxygens (including phenoxy) is 2. The van der Waals surface area contributed by atoms with Gasteiger partial charge >= 0.3 is 0 Å². The van der Waals surface area contributed by atoms with Gasteiger partial charge in [0.1, 0.15) is 22.7 Å². The number of likely N-dealkylation sites (N-methyl/N-ethyl adjacent to an activating group) is 1. The number of hydrogen-bond acceptors (Lipinski definition) is 9. The molecule has 2 heterocycles. The number of thiophene rings is 1. The number of benzene rings is 1. The fourth-order valence-corrected chi connectivity index (χ4v) is 5.01. The van der Waals surface area contributed by atoms with Crippen LogP contribution in [0, 0.1) is 5.41 Å². The second-order valence-electron chi connectivity index (χ2n) is 8.14. The zero-order valence-electron chi connectivity index (χ0n) is 20.1. The van der Waals surface area contributed by atoms with E-state index >= 15 is 0 Å². The van der Waals surface area contributed by atoms with Crippen molar-refractivity contribution in [2.45, 2.75) is 38.6 Å². The molecule has 1 aliphatic carbocycles. The topological polar surface area (TPSA) is 126 Å². The third-order valence-corrected chi connectivity index (χ3v) is 7.03. The molecule has 0 radical (unpaired) electrons. The Balaban J connectivity index is 0.000000309. The van der Waals surface area contributed by atoms with Crippen molar-refractivity contribution in [3.05, 3.63) is 34.5 Å². The van der Waals surface area contributed by atoms with E-state index in [0.29, 0.717) is 23.6 Å². The van der Waals surface area contributed by atoms with Gasteiger partial charge in [-0.3, -0.25) is 4.79 Å². The molecule has 4 rings (SSSR count). The number of hydrogen-bond donors (Lipinski definition) is 3. The number of anilines is 3. The van der Waals surface area contributed by atoms with Crippen LogP contribution in [-0.4, -0.2) is 61.4 Å². The molecule has 0 saturated carbocycles. The maximum atomic E-state index is 10.1. The van der Waals surface area contributed by atoms with Crippen LogP contribution >= 0.6 is 11.3 Å². The number of fused-ring (bicyclic) bond motifs is 3. The Hall–Kier alpha value is -3.24. The van der Waals surface area contributed by atoms with Crippen LogP contribution in [0.25, 0.3) is 10.2 Å². The summed E-state index contributed by atoms with van der Waals surface area (Å²) in [5.74, 6) is 1.40. The van der Waals surface area contributed by atoms with E-state index in [1.54, 1.807) is 49.9 Å². The van der Waals surface area contributed by atoms with Gasteiger partial charge in [-0.1, -0.05) is 0 Å². The van der Waals surface area contributed by atoms with Crippen molar-refractivity contribution in [2.24, 2.45) is 0 Å². The monoisotopic (exact) mass is 484 g/mol. The van der Waals surface area contributed by atoms with Gasteiger partial charge in [0, 0.05) is 42.6 Å². The summed E-state index contributed by atoms with van der Waals surface area (Å²) in [5.41, 5.74) is 9.22. The highest BCUT2D eigenvalue weighted by molar-refractivity contribution is 7.19. The third-order valence-electron chi connectivity index (χ3n) is 5.83. The molecule has 1 atom stereocenters. The molecular weight excluding hydrogens is 452 g/mol. The lowest BCUT2D eigenvalue weighted by Gasteiger charge is -2.18. The maximum absolute atomic E-state index is 10.1. The molecule has 1 unspecified atom stereocenters. The van der Waals surface area contributed by atoms with Crippen LogP contribution in [0.4, 0.5) is 17.2 Å². The summed E-state index contributed by atoms with van der Waals surface area (Å²) in [5, 5.41) is 12.0. The van der Waals surface area contributed by atoms with E-state index < -0.39 is 0 Å². The molecule has 2 aromatic heterocycles. The van der Waals surface area contributed by atoms with Gasteiger partial charge in [-0.25, -0.2) is 9.97 Å². The van der Waals surface area contributed by atoms with E-state index in [4.69, 9.17) is 20.6 Å². The first-order valence-corrected chi connectivity index (χ1v) is 11.9. The summed E-state index contributed by atoms with van der Waals surface area (Å²) < 4.78 is 10.3. The first-order chi connectivity index (χ1) is 16.4. The second kappa shape index (κ2) is 11.8. The maximum Gasteiger partial charge on any atom is 0.209 e. The SMILES string of the molecule is COCC(C)N(C)C=O.COc1cc(N)c(C=N)cc1Nc1ncnc2sc3c(c12)CCCC3. The molecule has 3 aromatic rings. The van der Waals surface area contributed by atoms with Crippen molar-refractivity contribution in [3.63, 3.8) is 0 Å². The van der Waals surface area contributed by atoms with Crippen LogP contribution in [0.15, 0.2) is 18.5 Å². The summed E-state index contributed by atoms with van der Waals surface area (Å²) >= 11 is 1.77. The Morgan fingerprint density at radius 1 is 1.29 bits per heavy atom. The van der Waals surface area contributed by atoms with Gasteiger partial charge in [0.2, 0.25) is 6.41 Å². The molecule has 0 bridgehead atoms. The van der Waals surface area contributed by atoms with Crippen LogP contribution in [0.3, 0.4) is 0 Å². The number of nitrogen functional groups attached to an aromatic ring is 1. The number of carbonyl (C=O) groups is 1. The van der Waals surface area contributed by atoms with Crippen molar-refractivity contribution >= 4 is 51.4 Å². The smallest absolute Gasteiger partial charge is 0.209 e. The summed E-state index contributed by atoms with van der Waals surface area (Å²) in [4.78, 5) is 23.0. The Morgan fingerprint density at radius 2 is 2.06 bits per heavy atom. The lowest BCUT2D eigenvalue weighted by molar-refractivity contribution is -0.119. The van der Waals surface area contributed by atoms with Gasteiger partial charge in [0.05, 0.1) is 30.8 Å². The van der Waals surface area contributed by atoms with Crippen molar-refractivity contribution in [2.75, 3.05) is 38.9 Å². The quantitative estimate of drug-likeness (QED) is 0.250. The van der Waals surface area contributed by atoms with Crippen LogP contribution in [0.5, 0.6) is 5.75 Å². The van der Waals surface area contributed by atoms with E-state index in [9.17, 15) is 4.79 Å². The van der Waals surface area contributed by atoms with E-state index in [-0.39, 0.29) is 6.04 Å². The minimum absolute atomic E-state index is 0.174. The molecule has 1 aliphatic rings. The van der Waals surface area contributed by atoms with Gasteiger partial charge < -0.3 is 30.8 Å². The molecule has 9 nitrogen and oxygen atoms in total. The minimum atomic E-state index is 0.174. The first-order valence-electron chi connectivity index (χ1n) is 11.1. The number of nitrogens with two attached hydrogens (primary N) is 1. The number of nitrogens with zero attached hydrogens (tertiary/aromatic N) is 3. The predicted octanol–water partition coefficient (Wildman–Crippen LogP) is 4.01. The number of carbonyl (C=O) groups excluding carboxylic acids is 1. The zero-order chi connectivity index (χ0) is 24.7. The number of nitrogens with one attached hydrogen (secondary N) is 2. The standard InChI is InChI=1S/C18H19N5OS.C6H13NO2/c1-24-14-7-12(20)10(8-19)6-13(14)23-17-16-11-4-2-3-5-15(11)25-18(16)22-9-21-17;1-6(4-9-3)7(2)5-8/h6-9,19H,2-5,20H2,1H3,(H,21,22,23);5-6H,4H2,1-3H3. The lowest BCUT2D eigenvalue weighted by atomic mass is 9.97. The van der Waals surface area contributed by atoms with Crippen molar-refractivity contribution in [1.82, 2.24) is 14.9 Å². The highest BCUT2D eigenvalue weighted by Crippen LogP contribution is 2.40. The largest absolute Gasteiger partial charge is 0.494 e. The van der Waals surface area contributed by atoms with E-state index in [1.807, 2.05) is 13.0 Å². The number of aromatic nitrogens is 2. The van der Waals surface area contributed by atoms with Crippen molar-refractivity contribution in [1.29, 1.82) is 5.41 Å². The molecule has 34 heavy (non-hydrogen) atoms. The van der Waals surface area contributed by atoms with Gasteiger partial charge in [-0.15, -0.1) is 11.3 Å². The van der Waals surface area contributed by atoms with Crippen molar-refractivity contribution < 1.29 is 14.3 Å². The molecule has 182 valence electrons. The molecule has 10 heteroatoms. The summed E-state index contributed by atoms with van der Waals surface area (Å²) in [7, 11) is 4.96. The normalized spacial score (nSPS) is 13.3. The van der Waals surface area contributed by atoms with Gasteiger partial charge in [0.25, 0.3) is 0 Å². The summed E-state index contributed by atoms with van der Waals surface area (Å²) in [6.45, 7) is 2.52. The van der Waals surface area contributed by atoms with Crippen LogP contribution < -0.4 is 15.8 Å². The minimum Gasteiger partial charge on any atom is -0.494 e. The predicted molar refractivity (Wildman–Crippen MR) is 138 cm³/mol. The Bertz CT molecular complexity index is 1150. The zero-order valence-corrected chi connectivity index (χ0v) is 20.9. The summed E-state index contributed by atoms with van der Waals surface area (Å²) in [6, 6.07) is 3.71. The van der Waals surface area contributed by atoms with Gasteiger partial charge in [-0.05, 0) is 44.2 Å². The average Bonchev–Trinajstić information content (AvgIpc) is 3.24. The molecule has 4 N–H and O–H groups in total. The highest BCUT2D eigenvalue weighted by atomic mass is 32.1. The van der Waals surface area contributed by atoms with Crippen LogP contribution in [-0.2, 0) is 22.4 Å². The number of rotatable bonds is 8. The highest BCUT2D eigenvalue weighted by Gasteiger charge is 2.20. The van der Waals surface area contributed by atoms with Crippen LogP contribution in [0.1, 0.15) is 35.8 Å². The Labute approximate surface area is 203 Å². The fourth-order valence-electron chi connectivity index (χ4n) is 3.78. The van der Waals surface area contributed by atoms with Gasteiger partial charge in [0.15, 0.2) is 0 Å². The lowest BCUT2D eigenvalue weighted by Crippen LogP contribution is -2.31. The average molecular weight is 485 g/mol. The molecule has 0 fully saturated rings. The van der Waals surface area contributed by atoms with E-state index in [0.717, 1.165) is 41.0 Å². The van der Waals surface area contributed by atoms with Crippen LogP contribution in [0.2, 0.25) is 0 Å². The number of amides is 1.